The van der Waals surface area contributed by atoms with E-state index in [4.69, 9.17) is 4.74 Å². The van der Waals surface area contributed by atoms with Crippen LogP contribution in [0.15, 0.2) is 24.3 Å². The second kappa shape index (κ2) is 11.7. The molecule has 0 heterocycles. The molecule has 6 heteroatoms. The van der Waals surface area contributed by atoms with E-state index < -0.39 is 0 Å². The van der Waals surface area contributed by atoms with Gasteiger partial charge in [-0.25, -0.2) is 0 Å². The molecule has 1 fully saturated rings. The van der Waals surface area contributed by atoms with Crippen molar-refractivity contribution in [3.8, 4) is 5.75 Å². The normalized spacial score (nSPS) is 15.9. The fourth-order valence-corrected chi connectivity index (χ4v) is 3.92. The lowest BCUT2D eigenvalue weighted by Crippen LogP contribution is -2.43. The summed E-state index contributed by atoms with van der Waals surface area (Å²) in [6.07, 6.45) is 5.30. The lowest BCUT2D eigenvalue weighted by Gasteiger charge is -2.30. The summed E-state index contributed by atoms with van der Waals surface area (Å²) in [7, 11) is 1.66. The van der Waals surface area contributed by atoms with Crippen molar-refractivity contribution in [2.24, 2.45) is 5.92 Å². The predicted molar refractivity (Wildman–Crippen MR) is 111 cm³/mol. The third kappa shape index (κ3) is 6.51. The standard InChI is InChI=1S/C22H35N3O3/c1-4-25(5-2)20(18-12-9-13-19(14-18)28-3)15-23-21(26)16-24-22(27)17-10-7-6-8-11-17/h9,12-14,17,20H,4-8,10-11,15-16H2,1-3H3,(H,23,26)(H,24,27). The van der Waals surface area contributed by atoms with E-state index >= 15 is 0 Å². The highest BCUT2D eigenvalue weighted by Gasteiger charge is 2.22. The monoisotopic (exact) mass is 389 g/mol. The summed E-state index contributed by atoms with van der Waals surface area (Å²) in [5.74, 6) is 0.745. The van der Waals surface area contributed by atoms with E-state index in [9.17, 15) is 9.59 Å². The molecule has 156 valence electrons. The number of hydrogen-bond acceptors (Lipinski definition) is 4. The number of amides is 2. The molecule has 1 aliphatic rings. The molecule has 1 atom stereocenters. The van der Waals surface area contributed by atoms with Crippen LogP contribution in [0, 0.1) is 5.92 Å². The van der Waals surface area contributed by atoms with Gasteiger partial charge in [0.1, 0.15) is 5.75 Å². The highest BCUT2D eigenvalue weighted by atomic mass is 16.5. The highest BCUT2D eigenvalue weighted by Crippen LogP contribution is 2.24. The molecule has 28 heavy (non-hydrogen) atoms. The SMILES string of the molecule is CCN(CC)C(CNC(=O)CNC(=O)C1CCCCC1)c1cccc(OC)c1. The van der Waals surface area contributed by atoms with E-state index in [0.717, 1.165) is 50.1 Å². The van der Waals surface area contributed by atoms with Crippen LogP contribution in [0.25, 0.3) is 0 Å². The molecule has 1 aliphatic carbocycles. The maximum Gasteiger partial charge on any atom is 0.239 e. The van der Waals surface area contributed by atoms with Crippen LogP contribution in [0.4, 0.5) is 0 Å². The Morgan fingerprint density at radius 3 is 2.50 bits per heavy atom. The van der Waals surface area contributed by atoms with Gasteiger partial charge in [0.2, 0.25) is 11.8 Å². The zero-order valence-electron chi connectivity index (χ0n) is 17.5. The van der Waals surface area contributed by atoms with Crippen LogP contribution in [0.1, 0.15) is 57.6 Å². The molecule has 0 radical (unpaired) electrons. The fourth-order valence-electron chi connectivity index (χ4n) is 3.92. The van der Waals surface area contributed by atoms with Crippen molar-refractivity contribution in [1.82, 2.24) is 15.5 Å². The molecule has 0 bridgehead atoms. The first-order valence-corrected chi connectivity index (χ1v) is 10.5. The molecule has 2 N–H and O–H groups in total. The molecule has 1 aromatic rings. The molecule has 0 spiro atoms. The van der Waals surface area contributed by atoms with E-state index in [1.54, 1.807) is 7.11 Å². The van der Waals surface area contributed by atoms with Gasteiger partial charge in [0.25, 0.3) is 0 Å². The molecular weight excluding hydrogens is 354 g/mol. The largest absolute Gasteiger partial charge is 0.497 e. The summed E-state index contributed by atoms with van der Waals surface area (Å²) in [5, 5.41) is 5.80. The average Bonchev–Trinajstić information content (AvgIpc) is 2.75. The smallest absolute Gasteiger partial charge is 0.239 e. The molecule has 1 unspecified atom stereocenters. The molecule has 2 amide bonds. The van der Waals surface area contributed by atoms with Crippen molar-refractivity contribution in [3.05, 3.63) is 29.8 Å². The summed E-state index contributed by atoms with van der Waals surface area (Å²) >= 11 is 0. The van der Waals surface area contributed by atoms with Gasteiger partial charge >= 0.3 is 0 Å². The van der Waals surface area contributed by atoms with Crippen LogP contribution in [0.3, 0.4) is 0 Å². The van der Waals surface area contributed by atoms with Crippen molar-refractivity contribution in [2.75, 3.05) is 33.3 Å². The van der Waals surface area contributed by atoms with Gasteiger partial charge in [0.15, 0.2) is 0 Å². The van der Waals surface area contributed by atoms with Gasteiger partial charge in [-0.2, -0.15) is 0 Å². The summed E-state index contributed by atoms with van der Waals surface area (Å²) in [5.41, 5.74) is 1.11. The average molecular weight is 390 g/mol. The van der Waals surface area contributed by atoms with Gasteiger partial charge in [-0.3, -0.25) is 14.5 Å². The lowest BCUT2D eigenvalue weighted by molar-refractivity contribution is -0.129. The van der Waals surface area contributed by atoms with Gasteiger partial charge in [-0.1, -0.05) is 45.2 Å². The van der Waals surface area contributed by atoms with E-state index in [2.05, 4.69) is 35.4 Å². The molecule has 1 saturated carbocycles. The van der Waals surface area contributed by atoms with Crippen LogP contribution in [0.5, 0.6) is 5.75 Å². The Morgan fingerprint density at radius 2 is 1.86 bits per heavy atom. The Hall–Kier alpha value is -2.08. The molecule has 0 aliphatic heterocycles. The number of rotatable bonds is 10. The first-order chi connectivity index (χ1) is 13.6. The minimum Gasteiger partial charge on any atom is -0.497 e. The Kier molecular flexibility index (Phi) is 9.28. The number of nitrogens with zero attached hydrogens (tertiary/aromatic N) is 1. The fraction of sp³-hybridized carbons (Fsp3) is 0.636. The minimum absolute atomic E-state index is 0.0166. The third-order valence-corrected chi connectivity index (χ3v) is 5.62. The second-order valence-corrected chi connectivity index (χ2v) is 7.37. The van der Waals surface area contributed by atoms with E-state index in [1.807, 2.05) is 18.2 Å². The Bertz CT molecular complexity index is 625. The number of hydrogen-bond donors (Lipinski definition) is 2. The molecule has 6 nitrogen and oxygen atoms in total. The summed E-state index contributed by atoms with van der Waals surface area (Å²) in [4.78, 5) is 26.8. The van der Waals surface area contributed by atoms with Gasteiger partial charge < -0.3 is 15.4 Å². The van der Waals surface area contributed by atoms with Crippen LogP contribution in [-0.4, -0.2) is 50.0 Å². The zero-order valence-corrected chi connectivity index (χ0v) is 17.5. The molecular formula is C22H35N3O3. The third-order valence-electron chi connectivity index (χ3n) is 5.62. The van der Waals surface area contributed by atoms with E-state index in [0.29, 0.717) is 6.54 Å². The van der Waals surface area contributed by atoms with Crippen LogP contribution in [-0.2, 0) is 9.59 Å². The highest BCUT2D eigenvalue weighted by molar-refractivity contribution is 5.85. The van der Waals surface area contributed by atoms with Crippen LogP contribution >= 0.6 is 0 Å². The van der Waals surface area contributed by atoms with Gasteiger partial charge in [0.05, 0.1) is 19.7 Å². The maximum atomic E-state index is 12.3. The van der Waals surface area contributed by atoms with Crippen molar-refractivity contribution >= 4 is 11.8 Å². The van der Waals surface area contributed by atoms with Gasteiger partial charge in [-0.05, 0) is 43.6 Å². The lowest BCUT2D eigenvalue weighted by atomic mass is 9.89. The van der Waals surface area contributed by atoms with Gasteiger partial charge in [0, 0.05) is 12.5 Å². The van der Waals surface area contributed by atoms with Crippen molar-refractivity contribution in [1.29, 1.82) is 0 Å². The predicted octanol–water partition coefficient (Wildman–Crippen LogP) is 2.89. The van der Waals surface area contributed by atoms with Crippen molar-refractivity contribution in [2.45, 2.75) is 52.0 Å². The van der Waals surface area contributed by atoms with Gasteiger partial charge in [-0.15, -0.1) is 0 Å². The van der Waals surface area contributed by atoms with Crippen LogP contribution < -0.4 is 15.4 Å². The zero-order chi connectivity index (χ0) is 20.4. The summed E-state index contributed by atoms with van der Waals surface area (Å²) in [6, 6.07) is 8.02. The number of benzene rings is 1. The maximum absolute atomic E-state index is 12.3. The quantitative estimate of drug-likeness (QED) is 0.646. The Morgan fingerprint density at radius 1 is 1.14 bits per heavy atom. The summed E-state index contributed by atoms with van der Waals surface area (Å²) < 4.78 is 5.35. The Balaban J connectivity index is 1.90. The first kappa shape index (κ1) is 22.2. The number of ether oxygens (including phenoxy) is 1. The van der Waals surface area contributed by atoms with Crippen LogP contribution in [0.2, 0.25) is 0 Å². The molecule has 0 aromatic heterocycles. The Labute approximate surface area is 169 Å². The number of likely N-dealkylation sites (N-methyl/N-ethyl adjacent to an activating group) is 1. The van der Waals surface area contributed by atoms with E-state index in [1.165, 1.54) is 6.42 Å². The molecule has 2 rings (SSSR count). The molecule has 1 aromatic carbocycles. The van der Waals surface area contributed by atoms with Crippen molar-refractivity contribution < 1.29 is 14.3 Å². The molecule has 0 saturated heterocycles. The van der Waals surface area contributed by atoms with Crippen molar-refractivity contribution in [3.63, 3.8) is 0 Å². The van der Waals surface area contributed by atoms with E-state index in [-0.39, 0.29) is 30.3 Å². The topological polar surface area (TPSA) is 70.7 Å². The number of methoxy groups -OCH3 is 1. The minimum atomic E-state index is -0.149. The first-order valence-electron chi connectivity index (χ1n) is 10.5. The number of carbonyl (C=O) groups is 2. The second-order valence-electron chi connectivity index (χ2n) is 7.37. The number of carbonyl (C=O) groups excluding carboxylic acids is 2. The summed E-state index contributed by atoms with van der Waals surface area (Å²) in [6.45, 7) is 6.52. The number of nitrogens with one attached hydrogen (secondary N) is 2.